The molecule has 0 fully saturated rings. The van der Waals surface area contributed by atoms with Crippen LogP contribution in [-0.2, 0) is 0 Å². The fourth-order valence-electron chi connectivity index (χ4n) is 8.04. The van der Waals surface area contributed by atoms with E-state index in [2.05, 4.69) is 124 Å². The molecule has 7 aromatic carbocycles. The largest absolute Gasteiger partial charge is 0.508 e. The van der Waals surface area contributed by atoms with Gasteiger partial charge in [-0.05, 0) is 175 Å². The number of aromatic nitrogens is 10. The molecule has 6 heterocycles. The van der Waals surface area contributed by atoms with Gasteiger partial charge in [0.1, 0.15) is 40.1 Å². The van der Waals surface area contributed by atoms with Gasteiger partial charge in [0, 0.05) is 114 Å². The number of anilines is 6. The Hall–Kier alpha value is -10.2. The Bertz CT molecular complexity index is 4690. The van der Waals surface area contributed by atoms with Gasteiger partial charge in [-0.2, -0.15) is 0 Å². The van der Waals surface area contributed by atoms with Crippen molar-refractivity contribution in [3.8, 4) is 28.7 Å². The molecule has 13 aromatic rings. The molecule has 0 saturated heterocycles. The molecule has 462 valence electrons. The molecule has 0 aliphatic carbocycles. The zero-order valence-electron chi connectivity index (χ0n) is 49.0. The van der Waals surface area contributed by atoms with Crippen LogP contribution >= 0.6 is 71.0 Å². The van der Waals surface area contributed by atoms with Crippen molar-refractivity contribution in [2.75, 3.05) is 44.3 Å². The molecule has 0 aliphatic rings. The van der Waals surface area contributed by atoms with E-state index in [1.165, 1.54) is 18.5 Å². The SMILES string of the molecule is CNC(=O)c1cc(Cl)ccn1.CNC(=O)c1cc(Oc2ccc3nc(Nc4ccc(Br)cc4)ncc3c2)ccn1.COc1ccc2nc(Cl)ncc2c1.COc1ccc2nc(Nc3ccc(Br)cc3)ncc2c1.Oc1ccc2nc(Nc3ccc(Br)cc3)ncc2c1. The summed E-state index contributed by atoms with van der Waals surface area (Å²) in [6.45, 7) is 0. The van der Waals surface area contributed by atoms with E-state index in [9.17, 15) is 14.7 Å². The highest BCUT2D eigenvalue weighted by Crippen LogP contribution is 2.28. The van der Waals surface area contributed by atoms with Gasteiger partial charge in [-0.25, -0.2) is 39.9 Å². The minimum atomic E-state index is -0.270. The Morgan fingerprint density at radius 3 is 1.22 bits per heavy atom. The van der Waals surface area contributed by atoms with Crippen molar-refractivity contribution in [3.05, 3.63) is 242 Å². The number of ether oxygens (including phenoxy) is 3. The molecule has 0 unspecified atom stereocenters. The molecule has 2 amide bonds. The second kappa shape index (κ2) is 32.5. The number of hydrogen-bond donors (Lipinski definition) is 6. The second-order valence-electron chi connectivity index (χ2n) is 18.9. The van der Waals surface area contributed by atoms with E-state index < -0.39 is 0 Å². The number of carbonyl (C=O) groups is 2. The Balaban J connectivity index is 0.000000141. The molecule has 92 heavy (non-hydrogen) atoms. The number of amides is 2. The van der Waals surface area contributed by atoms with Crippen LogP contribution in [0.3, 0.4) is 0 Å². The fraction of sp³-hybridized carbons (Fsp3) is 0.0606. The molecule has 0 spiro atoms. The number of phenols is 1. The minimum Gasteiger partial charge on any atom is -0.508 e. The van der Waals surface area contributed by atoms with Gasteiger partial charge in [0.15, 0.2) is 0 Å². The average molecular weight is 1460 g/mol. The van der Waals surface area contributed by atoms with Crippen molar-refractivity contribution in [2.45, 2.75) is 0 Å². The molecule has 0 bridgehead atoms. The number of methoxy groups -OCH3 is 2. The van der Waals surface area contributed by atoms with Gasteiger partial charge >= 0.3 is 0 Å². The maximum absolute atomic E-state index is 11.7. The number of fused-ring (bicyclic) bond motifs is 4. The molecule has 6 N–H and O–H groups in total. The quantitative estimate of drug-likeness (QED) is 0.0620. The highest BCUT2D eigenvalue weighted by molar-refractivity contribution is 9.11. The summed E-state index contributed by atoms with van der Waals surface area (Å²) in [6, 6.07) is 51.6. The molecule has 26 heteroatoms. The van der Waals surface area contributed by atoms with Crippen molar-refractivity contribution in [3.63, 3.8) is 0 Å². The first-order valence-corrected chi connectivity index (χ1v) is 30.5. The minimum absolute atomic E-state index is 0.213. The predicted molar refractivity (Wildman–Crippen MR) is 371 cm³/mol. The Labute approximate surface area is 561 Å². The third-order valence-corrected chi connectivity index (χ3v) is 14.6. The molecule has 6 aromatic heterocycles. The van der Waals surface area contributed by atoms with Gasteiger partial charge in [-0.3, -0.25) is 19.6 Å². The summed E-state index contributed by atoms with van der Waals surface area (Å²) >= 11 is 21.5. The van der Waals surface area contributed by atoms with Crippen LogP contribution in [0.5, 0.6) is 28.7 Å². The van der Waals surface area contributed by atoms with E-state index in [0.717, 1.165) is 85.6 Å². The van der Waals surface area contributed by atoms with E-state index >= 15 is 0 Å². The monoisotopic (exact) mass is 1460 g/mol. The van der Waals surface area contributed by atoms with Crippen molar-refractivity contribution in [1.82, 2.24) is 60.5 Å². The van der Waals surface area contributed by atoms with Crippen LogP contribution in [0.1, 0.15) is 21.0 Å². The summed E-state index contributed by atoms with van der Waals surface area (Å²) < 4.78 is 19.2. The van der Waals surface area contributed by atoms with Gasteiger partial charge in [-0.15, -0.1) is 0 Å². The highest BCUT2D eigenvalue weighted by Gasteiger charge is 2.10. The van der Waals surface area contributed by atoms with Crippen molar-refractivity contribution in [1.29, 1.82) is 0 Å². The number of hydrogen-bond acceptors (Lipinski definition) is 19. The Kier molecular flexibility index (Phi) is 23.4. The van der Waals surface area contributed by atoms with Crippen molar-refractivity contribution < 1.29 is 28.9 Å². The fourth-order valence-corrected chi connectivity index (χ4v) is 9.13. The number of aromatic hydroxyl groups is 1. The smallest absolute Gasteiger partial charge is 0.269 e. The lowest BCUT2D eigenvalue weighted by atomic mass is 10.2. The molecule has 0 saturated carbocycles. The maximum Gasteiger partial charge on any atom is 0.269 e. The summed E-state index contributed by atoms with van der Waals surface area (Å²) in [6.07, 6.45) is 9.90. The van der Waals surface area contributed by atoms with Gasteiger partial charge in [0.25, 0.3) is 11.8 Å². The van der Waals surface area contributed by atoms with Gasteiger partial charge in [0.05, 0.1) is 36.3 Å². The Morgan fingerprint density at radius 1 is 0.413 bits per heavy atom. The summed E-state index contributed by atoms with van der Waals surface area (Å²) in [5.41, 5.74) is 6.65. The van der Waals surface area contributed by atoms with Gasteiger partial charge in [0.2, 0.25) is 23.1 Å². The van der Waals surface area contributed by atoms with Crippen LogP contribution in [0.2, 0.25) is 10.3 Å². The van der Waals surface area contributed by atoms with Crippen molar-refractivity contribution in [2.24, 2.45) is 0 Å². The molecule has 21 nitrogen and oxygen atoms in total. The maximum atomic E-state index is 11.7. The molecule has 0 aliphatic heterocycles. The van der Waals surface area contributed by atoms with Crippen LogP contribution < -0.4 is 40.8 Å². The summed E-state index contributed by atoms with van der Waals surface area (Å²) in [4.78, 5) is 64.7. The second-order valence-corrected chi connectivity index (χ2v) is 22.4. The third-order valence-electron chi connectivity index (χ3n) is 12.6. The van der Waals surface area contributed by atoms with Crippen molar-refractivity contribution >= 4 is 161 Å². The number of nitrogens with zero attached hydrogens (tertiary/aromatic N) is 10. The molecular weight excluding hydrogens is 1410 g/mol. The topological polar surface area (TPSA) is 271 Å². The summed E-state index contributed by atoms with van der Waals surface area (Å²) in [5, 5.41) is 28.2. The van der Waals surface area contributed by atoms with Crippen LogP contribution in [0, 0.1) is 0 Å². The number of rotatable bonds is 12. The van der Waals surface area contributed by atoms with E-state index in [1.807, 2.05) is 127 Å². The average Bonchev–Trinajstić information content (AvgIpc) is 1.41. The number of carbonyl (C=O) groups excluding carboxylic acids is 2. The first-order chi connectivity index (χ1) is 44.6. The number of nitrogens with one attached hydrogen (secondary N) is 5. The summed E-state index contributed by atoms with van der Waals surface area (Å²) in [7, 11) is 6.37. The first kappa shape index (κ1) is 66.2. The van der Waals surface area contributed by atoms with Crippen LogP contribution in [0.15, 0.2) is 220 Å². The zero-order valence-corrected chi connectivity index (χ0v) is 55.3. The predicted octanol–water partition coefficient (Wildman–Crippen LogP) is 16.1. The number of pyridine rings is 2. The molecule has 0 radical (unpaired) electrons. The standard InChI is InChI=1S/C21H16BrN5O2.C15H12BrN3O.C14H10BrN3O.C9H7ClN2O.C7H7ClN2O/c1-23-20(28)19-11-17(8-9-24-19)29-16-6-7-18-13(10-16)12-25-21(27-18)26-15-4-2-14(22)3-5-15;1-20-13-6-7-14-10(8-13)9-17-15(19-14)18-12-4-2-11(16)3-5-12;15-10-1-3-11(4-2-10)17-14-16-8-9-7-12(19)5-6-13(9)18-14;1-13-7-2-3-8-6(4-7)5-11-9(10)12-8;1-9-7(11)6-4-5(8)2-3-10-6/h2-12H,1H3,(H,23,28)(H,25,26,27);2-9H,1H3,(H,17,18,19);1-8,19H,(H,16,17,18);2-5H,1H3;2-4H,1H3,(H,9,11). The van der Waals surface area contributed by atoms with Gasteiger partial charge < -0.3 is 45.9 Å². The normalized spacial score (nSPS) is 10.4. The number of halogens is 5. The highest BCUT2D eigenvalue weighted by atomic mass is 79.9. The lowest BCUT2D eigenvalue weighted by Crippen LogP contribution is -2.18. The molecule has 13 rings (SSSR count). The van der Waals surface area contributed by atoms with Crippen LogP contribution in [0.4, 0.5) is 34.9 Å². The van der Waals surface area contributed by atoms with E-state index in [1.54, 1.807) is 89.5 Å². The number of phenolic OH excluding ortho intramolecular Hbond substituents is 1. The lowest BCUT2D eigenvalue weighted by Gasteiger charge is -2.09. The number of benzene rings is 7. The Morgan fingerprint density at radius 2 is 0.783 bits per heavy atom. The molecule has 0 atom stereocenters. The summed E-state index contributed by atoms with van der Waals surface area (Å²) in [5.74, 6) is 4.05. The van der Waals surface area contributed by atoms with Crippen LogP contribution in [-0.4, -0.2) is 95.1 Å². The van der Waals surface area contributed by atoms with E-state index in [0.29, 0.717) is 40.1 Å². The molecular formula is C66H52Br3Cl2N15O6. The lowest BCUT2D eigenvalue weighted by molar-refractivity contribution is 0.0950. The third kappa shape index (κ3) is 19.4. The first-order valence-electron chi connectivity index (χ1n) is 27.4. The zero-order chi connectivity index (χ0) is 64.9. The van der Waals surface area contributed by atoms with E-state index in [4.69, 9.17) is 37.4 Å². The van der Waals surface area contributed by atoms with Gasteiger partial charge in [-0.1, -0.05) is 59.4 Å². The van der Waals surface area contributed by atoms with Crippen LogP contribution in [0.25, 0.3) is 43.6 Å². The van der Waals surface area contributed by atoms with E-state index in [-0.39, 0.29) is 28.5 Å².